The predicted molar refractivity (Wildman–Crippen MR) is 188 cm³/mol. The fourth-order valence-corrected chi connectivity index (χ4v) is 6.59. The zero-order valence-electron chi connectivity index (χ0n) is 28.3. The van der Waals surface area contributed by atoms with Crippen molar-refractivity contribution < 1.29 is 24.2 Å². The van der Waals surface area contributed by atoms with Gasteiger partial charge in [0.2, 0.25) is 5.91 Å². The normalized spacial score (nSPS) is 15.3. The molecule has 3 atom stereocenters. The third kappa shape index (κ3) is 12.6. The van der Waals surface area contributed by atoms with Crippen molar-refractivity contribution in [2.45, 2.75) is 76.5 Å². The van der Waals surface area contributed by atoms with Gasteiger partial charge in [-0.2, -0.15) is 0 Å². The molecule has 2 aromatic carbocycles. The Morgan fingerprint density at radius 2 is 1.48 bits per heavy atom. The van der Waals surface area contributed by atoms with E-state index in [-0.39, 0.29) is 24.0 Å². The Morgan fingerprint density at radius 1 is 0.896 bits per heavy atom. The Morgan fingerprint density at radius 3 is 2.02 bits per heavy atom. The van der Waals surface area contributed by atoms with E-state index < -0.39 is 12.1 Å². The Hall–Kier alpha value is -4.00. The van der Waals surface area contributed by atoms with Crippen LogP contribution in [-0.2, 0) is 28.9 Å². The quantitative estimate of drug-likeness (QED) is 0.160. The summed E-state index contributed by atoms with van der Waals surface area (Å²) < 4.78 is 5.50. The van der Waals surface area contributed by atoms with Crippen LogP contribution in [0, 0.1) is 0 Å². The van der Waals surface area contributed by atoms with Gasteiger partial charge in [0.15, 0.2) is 0 Å². The highest BCUT2D eigenvalue weighted by Crippen LogP contribution is 2.20. The summed E-state index contributed by atoms with van der Waals surface area (Å²) in [6, 6.07) is 18.0. The molecule has 11 nitrogen and oxygen atoms in total. The molecular weight excluding hydrogens is 629 g/mol. The molecule has 0 saturated carbocycles. The number of ether oxygens (including phenoxy) is 1. The van der Waals surface area contributed by atoms with Gasteiger partial charge in [-0.1, -0.05) is 74.5 Å². The number of rotatable bonds is 17. The molecule has 48 heavy (non-hydrogen) atoms. The van der Waals surface area contributed by atoms with Crippen LogP contribution in [-0.4, -0.2) is 95.9 Å². The summed E-state index contributed by atoms with van der Waals surface area (Å²) >= 11 is 1.59. The number of hydrogen-bond donors (Lipinski definition) is 4. The molecule has 0 aliphatic carbocycles. The molecule has 1 aromatic heterocycles. The SMILES string of the molecule is CC(C)c1nc(CN(C)C(=O)NC(CCN2CCOCC2)C(=O)NC(CCC(Cc2ccccc2)NC(=O)O)Cc2ccccc2)cs1. The number of hydrogen-bond acceptors (Lipinski definition) is 7. The highest BCUT2D eigenvalue weighted by atomic mass is 32.1. The first-order valence-corrected chi connectivity index (χ1v) is 17.7. The second-order valence-corrected chi connectivity index (χ2v) is 13.6. The van der Waals surface area contributed by atoms with E-state index in [2.05, 4.69) is 39.7 Å². The number of carbonyl (C=O) groups is 3. The average molecular weight is 679 g/mol. The van der Waals surface area contributed by atoms with Crippen LogP contribution >= 0.6 is 11.3 Å². The number of nitrogens with zero attached hydrogens (tertiary/aromatic N) is 3. The second kappa shape index (κ2) is 19.1. The third-order valence-corrected chi connectivity index (χ3v) is 9.64. The molecule has 1 aliphatic rings. The van der Waals surface area contributed by atoms with Gasteiger partial charge in [-0.3, -0.25) is 9.69 Å². The lowest BCUT2D eigenvalue weighted by Crippen LogP contribution is -2.54. The minimum atomic E-state index is -1.08. The number of amides is 4. The van der Waals surface area contributed by atoms with E-state index in [0.717, 1.165) is 34.9 Å². The first kappa shape index (κ1) is 36.8. The van der Waals surface area contributed by atoms with E-state index in [1.165, 1.54) is 0 Å². The minimum Gasteiger partial charge on any atom is -0.465 e. The minimum absolute atomic E-state index is 0.257. The average Bonchev–Trinajstić information content (AvgIpc) is 3.55. The summed E-state index contributed by atoms with van der Waals surface area (Å²) in [7, 11) is 1.71. The summed E-state index contributed by atoms with van der Waals surface area (Å²) in [6.07, 6.45) is 1.55. The number of thiazole rings is 1. The van der Waals surface area contributed by atoms with E-state index >= 15 is 0 Å². The number of carboxylic acid groups (broad SMARTS) is 1. The maximum atomic E-state index is 14.0. The van der Waals surface area contributed by atoms with Gasteiger partial charge in [-0.25, -0.2) is 14.6 Å². The number of aromatic nitrogens is 1. The van der Waals surface area contributed by atoms with E-state index in [4.69, 9.17) is 4.74 Å². The first-order valence-electron chi connectivity index (χ1n) is 16.8. The second-order valence-electron chi connectivity index (χ2n) is 12.7. The Balaban J connectivity index is 1.46. The van der Waals surface area contributed by atoms with Crippen molar-refractivity contribution in [3.05, 3.63) is 87.9 Å². The van der Waals surface area contributed by atoms with E-state index in [9.17, 15) is 19.5 Å². The van der Waals surface area contributed by atoms with E-state index in [0.29, 0.717) is 64.3 Å². The highest BCUT2D eigenvalue weighted by Gasteiger charge is 2.27. The van der Waals surface area contributed by atoms with Crippen molar-refractivity contribution in [1.82, 2.24) is 30.7 Å². The van der Waals surface area contributed by atoms with Crippen LogP contribution in [0.25, 0.3) is 0 Å². The van der Waals surface area contributed by atoms with Gasteiger partial charge >= 0.3 is 12.1 Å². The molecule has 0 bridgehead atoms. The van der Waals surface area contributed by atoms with Crippen molar-refractivity contribution in [2.24, 2.45) is 0 Å². The summed E-state index contributed by atoms with van der Waals surface area (Å²) in [5.41, 5.74) is 2.91. The number of urea groups is 1. The highest BCUT2D eigenvalue weighted by molar-refractivity contribution is 7.09. The Bertz CT molecular complexity index is 1420. The van der Waals surface area contributed by atoms with Crippen LogP contribution < -0.4 is 16.0 Å². The number of carbonyl (C=O) groups excluding carboxylic acids is 2. The standard InChI is InChI=1S/C36H50N6O5S/c1-26(2)34-38-31(25-48-34)24-41(3)35(44)40-32(16-17-42-18-20-47-21-19-42)33(43)37-29(22-27-10-6-4-7-11-27)14-15-30(39-36(45)46)23-28-12-8-5-9-13-28/h4-13,25-26,29-30,32,39H,14-24H2,1-3H3,(H,37,43)(H,40,44)(H,45,46). The van der Waals surface area contributed by atoms with Gasteiger partial charge in [0.1, 0.15) is 6.04 Å². The van der Waals surface area contributed by atoms with Crippen molar-refractivity contribution in [1.29, 1.82) is 0 Å². The molecule has 4 rings (SSSR count). The Labute approximate surface area is 288 Å². The van der Waals surface area contributed by atoms with Crippen molar-refractivity contribution in [3.63, 3.8) is 0 Å². The molecule has 1 aliphatic heterocycles. The van der Waals surface area contributed by atoms with Crippen LogP contribution in [0.5, 0.6) is 0 Å². The molecule has 1 saturated heterocycles. The number of morpholine rings is 1. The zero-order valence-corrected chi connectivity index (χ0v) is 29.1. The van der Waals surface area contributed by atoms with Gasteiger partial charge in [-0.05, 0) is 43.2 Å². The van der Waals surface area contributed by atoms with Gasteiger partial charge in [0, 0.05) is 50.1 Å². The lowest BCUT2D eigenvalue weighted by Gasteiger charge is -2.30. The lowest BCUT2D eigenvalue weighted by atomic mass is 9.95. The summed E-state index contributed by atoms with van der Waals surface area (Å²) in [4.78, 5) is 47.6. The molecule has 3 aromatic rings. The van der Waals surface area contributed by atoms with Crippen LogP contribution in [0.15, 0.2) is 66.0 Å². The monoisotopic (exact) mass is 678 g/mol. The number of benzene rings is 2. The number of nitrogens with one attached hydrogen (secondary N) is 3. The van der Waals surface area contributed by atoms with E-state index in [1.807, 2.05) is 66.0 Å². The molecule has 2 heterocycles. The molecule has 4 N–H and O–H groups in total. The molecule has 4 amide bonds. The molecule has 0 radical (unpaired) electrons. The topological polar surface area (TPSA) is 136 Å². The maximum Gasteiger partial charge on any atom is 0.404 e. The van der Waals surface area contributed by atoms with Crippen LogP contribution in [0.4, 0.5) is 9.59 Å². The Kier molecular flexibility index (Phi) is 14.7. The maximum absolute atomic E-state index is 14.0. The molecule has 260 valence electrons. The molecule has 3 unspecified atom stereocenters. The summed E-state index contributed by atoms with van der Waals surface area (Å²) in [6.45, 7) is 8.00. The molecule has 12 heteroatoms. The lowest BCUT2D eigenvalue weighted by molar-refractivity contribution is -0.124. The zero-order chi connectivity index (χ0) is 34.3. The van der Waals surface area contributed by atoms with Gasteiger partial charge in [-0.15, -0.1) is 11.3 Å². The van der Waals surface area contributed by atoms with Crippen LogP contribution in [0.3, 0.4) is 0 Å². The van der Waals surface area contributed by atoms with Crippen molar-refractivity contribution in [3.8, 4) is 0 Å². The third-order valence-electron chi connectivity index (χ3n) is 8.45. The van der Waals surface area contributed by atoms with Crippen LogP contribution in [0.2, 0.25) is 0 Å². The summed E-state index contributed by atoms with van der Waals surface area (Å²) in [5.74, 6) is 0.0565. The molecule has 0 spiro atoms. The smallest absolute Gasteiger partial charge is 0.404 e. The van der Waals surface area contributed by atoms with Gasteiger partial charge in [0.05, 0.1) is 30.5 Å². The predicted octanol–water partition coefficient (Wildman–Crippen LogP) is 4.89. The largest absolute Gasteiger partial charge is 0.465 e. The van der Waals surface area contributed by atoms with Gasteiger partial charge in [0.25, 0.3) is 0 Å². The fourth-order valence-electron chi connectivity index (χ4n) is 5.77. The molecular formula is C36H50N6O5S. The van der Waals surface area contributed by atoms with Crippen molar-refractivity contribution >= 4 is 29.4 Å². The summed E-state index contributed by atoms with van der Waals surface area (Å²) in [5, 5.41) is 21.5. The molecule has 1 fully saturated rings. The van der Waals surface area contributed by atoms with Gasteiger partial charge < -0.3 is 30.7 Å². The fraction of sp³-hybridized carbons (Fsp3) is 0.500. The first-order chi connectivity index (χ1) is 23.2. The van der Waals surface area contributed by atoms with E-state index in [1.54, 1.807) is 23.3 Å². The van der Waals surface area contributed by atoms with Crippen LogP contribution in [0.1, 0.15) is 60.9 Å². The van der Waals surface area contributed by atoms with Crippen molar-refractivity contribution in [2.75, 3.05) is 39.9 Å².